The van der Waals surface area contributed by atoms with Gasteiger partial charge >= 0.3 is 0 Å². The first-order chi connectivity index (χ1) is 10.5. The fraction of sp³-hybridized carbons (Fsp3) is 0.118. The van der Waals surface area contributed by atoms with Gasteiger partial charge in [-0.1, -0.05) is 54.1 Å². The van der Waals surface area contributed by atoms with Crippen molar-refractivity contribution < 1.29 is 17.4 Å². The zero-order chi connectivity index (χ0) is 16.0. The number of hydrogen-bond donors (Lipinski definition) is 0. The number of aryl methyl sites for hydroxylation is 1. The number of benzene rings is 2. The number of carbonyl (C=O) groups is 1. The molecular formula is C17H16O4S. The van der Waals surface area contributed by atoms with Gasteiger partial charge < -0.3 is 0 Å². The van der Waals surface area contributed by atoms with Gasteiger partial charge in [0.05, 0.1) is 4.90 Å². The van der Waals surface area contributed by atoms with Crippen molar-refractivity contribution in [3.8, 4) is 0 Å². The molecule has 0 aliphatic heterocycles. The van der Waals surface area contributed by atoms with Crippen LogP contribution in [-0.4, -0.2) is 20.8 Å². The van der Waals surface area contributed by atoms with Crippen LogP contribution in [0.5, 0.6) is 0 Å². The number of rotatable bonds is 6. The zero-order valence-corrected chi connectivity index (χ0v) is 12.9. The van der Waals surface area contributed by atoms with Crippen LogP contribution in [0, 0.1) is 6.92 Å². The van der Waals surface area contributed by atoms with E-state index >= 15 is 0 Å². The maximum absolute atomic E-state index is 11.9. The van der Waals surface area contributed by atoms with E-state index in [0.29, 0.717) is 0 Å². The van der Waals surface area contributed by atoms with E-state index in [2.05, 4.69) is 0 Å². The highest BCUT2D eigenvalue weighted by Crippen LogP contribution is 2.13. The second kappa shape index (κ2) is 7.15. The van der Waals surface area contributed by atoms with Gasteiger partial charge in [-0.05, 0) is 30.7 Å². The van der Waals surface area contributed by atoms with Crippen molar-refractivity contribution in [2.45, 2.75) is 11.8 Å². The van der Waals surface area contributed by atoms with Crippen LogP contribution < -0.4 is 0 Å². The van der Waals surface area contributed by atoms with Crippen LogP contribution in [0.15, 0.2) is 65.6 Å². The van der Waals surface area contributed by atoms with Crippen molar-refractivity contribution in [2.24, 2.45) is 0 Å². The molecule has 2 rings (SSSR count). The van der Waals surface area contributed by atoms with E-state index < -0.39 is 22.5 Å². The highest BCUT2D eigenvalue weighted by Gasteiger charge is 2.15. The Hall–Kier alpha value is -2.24. The molecule has 0 heterocycles. The molecule has 4 nitrogen and oxygen atoms in total. The molecule has 2 aromatic carbocycles. The third-order valence-corrected chi connectivity index (χ3v) is 4.20. The quantitative estimate of drug-likeness (QED) is 0.607. The molecule has 5 heteroatoms. The maximum Gasteiger partial charge on any atom is 0.297 e. The monoisotopic (exact) mass is 316 g/mol. The van der Waals surface area contributed by atoms with Gasteiger partial charge in [0.2, 0.25) is 0 Å². The van der Waals surface area contributed by atoms with Gasteiger partial charge in [-0.25, -0.2) is 0 Å². The summed E-state index contributed by atoms with van der Waals surface area (Å²) in [6.07, 6.45) is 2.92. The normalized spacial score (nSPS) is 11.7. The van der Waals surface area contributed by atoms with E-state index in [1.54, 1.807) is 18.2 Å². The Morgan fingerprint density at radius 1 is 1.05 bits per heavy atom. The minimum absolute atomic E-state index is 0.0398. The van der Waals surface area contributed by atoms with E-state index in [1.165, 1.54) is 18.2 Å². The predicted molar refractivity (Wildman–Crippen MR) is 84.8 cm³/mol. The van der Waals surface area contributed by atoms with Gasteiger partial charge in [0.25, 0.3) is 10.1 Å². The first kappa shape index (κ1) is 16.1. The van der Waals surface area contributed by atoms with Crippen LogP contribution in [0.25, 0.3) is 6.08 Å². The molecule has 0 saturated carbocycles. The zero-order valence-electron chi connectivity index (χ0n) is 12.1. The highest BCUT2D eigenvalue weighted by atomic mass is 32.2. The van der Waals surface area contributed by atoms with Crippen LogP contribution in [0.3, 0.4) is 0 Å². The van der Waals surface area contributed by atoms with Gasteiger partial charge in [-0.15, -0.1) is 0 Å². The lowest BCUT2D eigenvalue weighted by atomic mass is 10.2. The molecule has 0 unspecified atom stereocenters. The molecule has 22 heavy (non-hydrogen) atoms. The summed E-state index contributed by atoms with van der Waals surface area (Å²) >= 11 is 0. The van der Waals surface area contributed by atoms with Crippen molar-refractivity contribution in [3.63, 3.8) is 0 Å². The highest BCUT2D eigenvalue weighted by molar-refractivity contribution is 7.86. The largest absolute Gasteiger partial charge is 0.297 e. The van der Waals surface area contributed by atoms with E-state index in [-0.39, 0.29) is 4.90 Å². The van der Waals surface area contributed by atoms with Crippen LogP contribution in [-0.2, 0) is 19.1 Å². The molecule has 0 saturated heterocycles. The lowest BCUT2D eigenvalue weighted by Crippen LogP contribution is -2.12. The first-order valence-corrected chi connectivity index (χ1v) is 8.10. The fourth-order valence-corrected chi connectivity index (χ4v) is 2.59. The van der Waals surface area contributed by atoms with Gasteiger partial charge in [0.15, 0.2) is 5.78 Å². The Morgan fingerprint density at radius 3 is 2.32 bits per heavy atom. The summed E-state index contributed by atoms with van der Waals surface area (Å²) in [6.45, 7) is 1.34. The van der Waals surface area contributed by atoms with Crippen LogP contribution in [0.4, 0.5) is 0 Å². The maximum atomic E-state index is 11.9. The van der Waals surface area contributed by atoms with Gasteiger partial charge in [0, 0.05) is 0 Å². The van der Waals surface area contributed by atoms with Crippen molar-refractivity contribution in [2.75, 3.05) is 6.61 Å². The van der Waals surface area contributed by atoms with Crippen LogP contribution in [0.1, 0.15) is 11.1 Å². The van der Waals surface area contributed by atoms with E-state index in [9.17, 15) is 13.2 Å². The summed E-state index contributed by atoms with van der Waals surface area (Å²) in [5.74, 6) is -0.417. The van der Waals surface area contributed by atoms with E-state index in [0.717, 1.165) is 11.1 Å². The summed E-state index contributed by atoms with van der Waals surface area (Å²) < 4.78 is 28.6. The minimum atomic E-state index is -3.91. The van der Waals surface area contributed by atoms with Gasteiger partial charge in [-0.2, -0.15) is 8.42 Å². The Bertz CT molecular complexity index is 760. The summed E-state index contributed by atoms with van der Waals surface area (Å²) in [7, 11) is -3.91. The molecule has 0 fully saturated rings. The summed E-state index contributed by atoms with van der Waals surface area (Å²) in [4.78, 5) is 11.7. The second-order valence-corrected chi connectivity index (χ2v) is 6.36. The van der Waals surface area contributed by atoms with Crippen molar-refractivity contribution in [1.29, 1.82) is 0 Å². The van der Waals surface area contributed by atoms with Crippen molar-refractivity contribution in [1.82, 2.24) is 0 Å². The van der Waals surface area contributed by atoms with E-state index in [4.69, 9.17) is 4.18 Å². The Kier molecular flexibility index (Phi) is 5.25. The molecular weight excluding hydrogens is 300 g/mol. The number of carbonyl (C=O) groups excluding carboxylic acids is 1. The third kappa shape index (κ3) is 4.65. The smallest absolute Gasteiger partial charge is 0.292 e. The summed E-state index contributed by atoms with van der Waals surface area (Å²) in [5.41, 5.74) is 1.80. The molecule has 0 spiro atoms. The fourth-order valence-electron chi connectivity index (χ4n) is 1.71. The lowest BCUT2D eigenvalue weighted by molar-refractivity contribution is -0.116. The Labute approximate surface area is 130 Å². The molecule has 0 radical (unpaired) electrons. The topological polar surface area (TPSA) is 60.4 Å². The van der Waals surface area contributed by atoms with E-state index in [1.807, 2.05) is 37.3 Å². The van der Waals surface area contributed by atoms with Gasteiger partial charge in [0.1, 0.15) is 6.61 Å². The molecule has 114 valence electrons. The second-order valence-electron chi connectivity index (χ2n) is 4.74. The molecule has 0 atom stereocenters. The predicted octanol–water partition coefficient (Wildman–Crippen LogP) is 2.98. The SMILES string of the molecule is Cc1ccc(S(=O)(=O)OCC(=O)/C=C/c2ccccc2)cc1. The van der Waals surface area contributed by atoms with Gasteiger partial charge in [-0.3, -0.25) is 8.98 Å². The van der Waals surface area contributed by atoms with Crippen LogP contribution in [0.2, 0.25) is 0 Å². The first-order valence-electron chi connectivity index (χ1n) is 6.69. The minimum Gasteiger partial charge on any atom is -0.292 e. The Balaban J connectivity index is 1.95. The van der Waals surface area contributed by atoms with Crippen molar-refractivity contribution in [3.05, 3.63) is 71.8 Å². The summed E-state index contributed by atoms with van der Waals surface area (Å²) in [6, 6.07) is 15.5. The molecule has 0 aliphatic rings. The number of hydrogen-bond acceptors (Lipinski definition) is 4. The molecule has 0 aliphatic carbocycles. The standard InChI is InChI=1S/C17H16O4S/c1-14-7-11-17(12-8-14)22(19,20)21-13-16(18)10-9-15-5-3-2-4-6-15/h2-12H,13H2,1H3/b10-9+. The molecule has 0 amide bonds. The average molecular weight is 316 g/mol. The summed E-state index contributed by atoms with van der Waals surface area (Å²) in [5, 5.41) is 0. The average Bonchev–Trinajstić information content (AvgIpc) is 2.52. The number of ketones is 1. The molecule has 0 bridgehead atoms. The molecule has 0 N–H and O–H groups in total. The Morgan fingerprint density at radius 2 is 1.68 bits per heavy atom. The van der Waals surface area contributed by atoms with Crippen molar-refractivity contribution >= 4 is 22.0 Å². The molecule has 2 aromatic rings. The van der Waals surface area contributed by atoms with Crippen LogP contribution >= 0.6 is 0 Å². The molecule has 0 aromatic heterocycles. The third-order valence-electron chi connectivity index (χ3n) is 2.93. The lowest BCUT2D eigenvalue weighted by Gasteiger charge is -2.04.